The molecule has 2 N–H and O–H groups in total. The normalized spacial score (nSPS) is 11.9. The van der Waals surface area contributed by atoms with Gasteiger partial charge < -0.3 is 19.7 Å². The average Bonchev–Trinajstić information content (AvgIpc) is 2.59. The van der Waals surface area contributed by atoms with Gasteiger partial charge in [0.1, 0.15) is 24.0 Å². The van der Waals surface area contributed by atoms with E-state index in [2.05, 4.69) is 5.32 Å². The molecule has 26 heavy (non-hydrogen) atoms. The van der Waals surface area contributed by atoms with Crippen LogP contribution in [0.3, 0.4) is 0 Å². The molecule has 0 aliphatic rings. The lowest BCUT2D eigenvalue weighted by Gasteiger charge is -2.15. The Labute approximate surface area is 157 Å². The zero-order valence-electron chi connectivity index (χ0n) is 15.1. The first-order valence-electron chi connectivity index (χ1n) is 8.39. The molecule has 0 saturated heterocycles. The Bertz CT molecular complexity index is 831. The third-order valence-corrected chi connectivity index (χ3v) is 4.25. The van der Waals surface area contributed by atoms with Gasteiger partial charge in [-0.05, 0) is 56.7 Å². The maximum atomic E-state index is 12.5. The van der Waals surface area contributed by atoms with Crippen LogP contribution in [-0.2, 0) is 6.54 Å². The second-order valence-corrected chi connectivity index (χ2v) is 6.46. The van der Waals surface area contributed by atoms with Crippen molar-refractivity contribution in [2.45, 2.75) is 33.4 Å². The number of amides is 1. The Morgan fingerprint density at radius 3 is 2.58 bits per heavy atom. The Morgan fingerprint density at radius 1 is 1.31 bits per heavy atom. The Balaban J connectivity index is 1.96. The number of aryl methyl sites for hydroxylation is 2. The summed E-state index contributed by atoms with van der Waals surface area (Å²) in [7, 11) is 0. The fourth-order valence-electron chi connectivity index (χ4n) is 2.68. The van der Waals surface area contributed by atoms with E-state index in [9.17, 15) is 14.7 Å². The number of benzene rings is 1. The average molecular weight is 379 g/mol. The van der Waals surface area contributed by atoms with Gasteiger partial charge in [0.2, 0.25) is 0 Å². The topological polar surface area (TPSA) is 80.6 Å². The van der Waals surface area contributed by atoms with E-state index in [1.54, 1.807) is 41.8 Å². The first-order chi connectivity index (χ1) is 12.3. The molecule has 0 fully saturated rings. The number of aromatic nitrogens is 1. The summed E-state index contributed by atoms with van der Waals surface area (Å²) in [5.74, 6) is 0.0697. The maximum absolute atomic E-state index is 12.5. The molecule has 0 unspecified atom stereocenters. The molecule has 1 amide bonds. The van der Waals surface area contributed by atoms with Crippen molar-refractivity contribution in [3.05, 3.63) is 62.5 Å². The highest BCUT2D eigenvalue weighted by Gasteiger charge is 2.18. The van der Waals surface area contributed by atoms with E-state index in [1.807, 2.05) is 13.8 Å². The summed E-state index contributed by atoms with van der Waals surface area (Å²) in [6.45, 7) is 5.88. The molecule has 0 saturated carbocycles. The van der Waals surface area contributed by atoms with Crippen molar-refractivity contribution in [2.75, 3.05) is 13.2 Å². The fraction of sp³-hybridized carbons (Fsp3) is 0.368. The van der Waals surface area contributed by atoms with Crippen molar-refractivity contribution in [3.8, 4) is 5.75 Å². The Morgan fingerprint density at radius 2 is 1.96 bits per heavy atom. The standard InChI is InChI=1S/C19H23ClN2O4/c1-4-22-13(3)9-12(2)17(19(22)25)18(24)21-10-15(23)11-26-16-7-5-14(20)6-8-16/h5-9,15,23H,4,10-11H2,1-3H3,(H,21,24)/t15-/m0/s1. The molecule has 0 aliphatic carbocycles. The summed E-state index contributed by atoms with van der Waals surface area (Å²) in [5, 5.41) is 13.2. The van der Waals surface area contributed by atoms with E-state index in [0.29, 0.717) is 22.9 Å². The number of nitrogens with zero attached hydrogens (tertiary/aromatic N) is 1. The molecule has 140 valence electrons. The molecule has 1 atom stereocenters. The lowest BCUT2D eigenvalue weighted by Crippen LogP contribution is -2.39. The zero-order chi connectivity index (χ0) is 19.3. The highest BCUT2D eigenvalue weighted by Crippen LogP contribution is 2.15. The van der Waals surface area contributed by atoms with E-state index in [0.717, 1.165) is 5.69 Å². The summed E-state index contributed by atoms with van der Waals surface area (Å²) in [4.78, 5) is 24.9. The molecule has 7 heteroatoms. The van der Waals surface area contributed by atoms with Gasteiger partial charge in [0.05, 0.1) is 0 Å². The molecule has 0 radical (unpaired) electrons. The number of hydrogen-bond donors (Lipinski definition) is 2. The third-order valence-electron chi connectivity index (χ3n) is 4.00. The summed E-state index contributed by atoms with van der Waals surface area (Å²) in [5.41, 5.74) is 1.20. The molecule has 6 nitrogen and oxygen atoms in total. The van der Waals surface area contributed by atoms with Crippen LogP contribution in [0.1, 0.15) is 28.5 Å². The minimum Gasteiger partial charge on any atom is -0.491 e. The second-order valence-electron chi connectivity index (χ2n) is 6.02. The number of carbonyl (C=O) groups is 1. The SMILES string of the molecule is CCn1c(C)cc(C)c(C(=O)NC[C@H](O)COc2ccc(Cl)cc2)c1=O. The van der Waals surface area contributed by atoms with Crippen LogP contribution in [-0.4, -0.2) is 34.8 Å². The van der Waals surface area contributed by atoms with Crippen LogP contribution >= 0.6 is 11.6 Å². The van der Waals surface area contributed by atoms with Gasteiger partial charge in [0.25, 0.3) is 11.5 Å². The van der Waals surface area contributed by atoms with E-state index >= 15 is 0 Å². The molecular formula is C19H23ClN2O4. The van der Waals surface area contributed by atoms with Gasteiger partial charge >= 0.3 is 0 Å². The van der Waals surface area contributed by atoms with Crippen LogP contribution < -0.4 is 15.6 Å². The van der Waals surface area contributed by atoms with Crippen LogP contribution in [0.4, 0.5) is 0 Å². The second kappa shape index (κ2) is 8.87. The highest BCUT2D eigenvalue weighted by atomic mass is 35.5. The summed E-state index contributed by atoms with van der Waals surface area (Å²) in [6.07, 6.45) is -0.909. The number of halogens is 1. The van der Waals surface area contributed by atoms with Gasteiger partial charge in [-0.25, -0.2) is 0 Å². The molecule has 1 aromatic carbocycles. The van der Waals surface area contributed by atoms with Crippen LogP contribution in [0.5, 0.6) is 5.75 Å². The highest BCUT2D eigenvalue weighted by molar-refractivity contribution is 6.30. The Hall–Kier alpha value is -2.31. The number of hydrogen-bond acceptors (Lipinski definition) is 4. The molecule has 2 aromatic rings. The summed E-state index contributed by atoms with van der Waals surface area (Å²) >= 11 is 5.79. The number of carbonyl (C=O) groups excluding carboxylic acids is 1. The van der Waals surface area contributed by atoms with Crippen molar-refractivity contribution >= 4 is 17.5 Å². The van der Waals surface area contributed by atoms with Crippen LogP contribution in [0.15, 0.2) is 35.1 Å². The van der Waals surface area contributed by atoms with E-state index in [1.165, 1.54) is 0 Å². The summed E-state index contributed by atoms with van der Waals surface area (Å²) < 4.78 is 6.98. The smallest absolute Gasteiger partial charge is 0.263 e. The molecule has 1 aromatic heterocycles. The molecule has 1 heterocycles. The quantitative estimate of drug-likeness (QED) is 0.774. The molecular weight excluding hydrogens is 356 g/mol. The van der Waals surface area contributed by atoms with Gasteiger partial charge in [-0.3, -0.25) is 9.59 Å². The van der Waals surface area contributed by atoms with Crippen LogP contribution in [0.25, 0.3) is 0 Å². The van der Waals surface area contributed by atoms with E-state index < -0.39 is 12.0 Å². The van der Waals surface area contributed by atoms with Crippen molar-refractivity contribution in [3.63, 3.8) is 0 Å². The Kier molecular flexibility index (Phi) is 6.83. The van der Waals surface area contributed by atoms with Gasteiger partial charge in [0.15, 0.2) is 0 Å². The van der Waals surface area contributed by atoms with Crippen LogP contribution in [0.2, 0.25) is 5.02 Å². The lowest BCUT2D eigenvalue weighted by atomic mass is 10.1. The van der Waals surface area contributed by atoms with Gasteiger partial charge in [-0.15, -0.1) is 0 Å². The largest absolute Gasteiger partial charge is 0.491 e. The van der Waals surface area contributed by atoms with Gasteiger partial charge in [0, 0.05) is 23.8 Å². The number of rotatable bonds is 7. The number of aliphatic hydroxyl groups is 1. The lowest BCUT2D eigenvalue weighted by molar-refractivity contribution is 0.0841. The monoisotopic (exact) mass is 378 g/mol. The van der Waals surface area contributed by atoms with Crippen molar-refractivity contribution in [1.82, 2.24) is 9.88 Å². The minimum absolute atomic E-state index is 0.00792. The van der Waals surface area contributed by atoms with E-state index in [-0.39, 0.29) is 24.3 Å². The minimum atomic E-state index is -0.909. The first-order valence-corrected chi connectivity index (χ1v) is 8.77. The van der Waals surface area contributed by atoms with Crippen molar-refractivity contribution < 1.29 is 14.6 Å². The number of ether oxygens (including phenoxy) is 1. The number of nitrogens with one attached hydrogen (secondary N) is 1. The maximum Gasteiger partial charge on any atom is 0.263 e. The van der Waals surface area contributed by atoms with Crippen LogP contribution in [0, 0.1) is 13.8 Å². The summed E-state index contributed by atoms with van der Waals surface area (Å²) in [6, 6.07) is 8.56. The molecule has 0 spiro atoms. The predicted octanol–water partition coefficient (Wildman–Crippen LogP) is 2.31. The molecule has 2 rings (SSSR count). The number of pyridine rings is 1. The number of aliphatic hydroxyl groups excluding tert-OH is 1. The van der Waals surface area contributed by atoms with Crippen molar-refractivity contribution in [2.24, 2.45) is 0 Å². The van der Waals surface area contributed by atoms with Gasteiger partial charge in [-0.2, -0.15) is 0 Å². The zero-order valence-corrected chi connectivity index (χ0v) is 15.8. The van der Waals surface area contributed by atoms with E-state index in [4.69, 9.17) is 16.3 Å². The molecule has 0 aliphatic heterocycles. The first kappa shape index (κ1) is 20.0. The molecule has 0 bridgehead atoms. The third kappa shape index (κ3) is 4.86. The van der Waals surface area contributed by atoms with Crippen molar-refractivity contribution in [1.29, 1.82) is 0 Å². The fourth-order valence-corrected chi connectivity index (χ4v) is 2.80. The predicted molar refractivity (Wildman–Crippen MR) is 101 cm³/mol. The van der Waals surface area contributed by atoms with Gasteiger partial charge in [-0.1, -0.05) is 11.6 Å².